The predicted octanol–water partition coefficient (Wildman–Crippen LogP) is -0.0941. The average Bonchev–Trinajstić information content (AvgIpc) is 2.82. The lowest BCUT2D eigenvalue weighted by atomic mass is 10.0. The zero-order valence-corrected chi connectivity index (χ0v) is 21.7. The minimum Gasteiger partial charge on any atom is -0.508 e. The van der Waals surface area contributed by atoms with Crippen molar-refractivity contribution in [2.24, 2.45) is 17.4 Å². The lowest BCUT2D eigenvalue weighted by Gasteiger charge is -2.26. The largest absolute Gasteiger partial charge is 0.508 e. The van der Waals surface area contributed by atoms with Gasteiger partial charge in [-0.2, -0.15) is 12.6 Å². The van der Waals surface area contributed by atoms with Crippen LogP contribution in [0.25, 0.3) is 0 Å². The van der Waals surface area contributed by atoms with Crippen molar-refractivity contribution in [1.82, 2.24) is 16.0 Å². The highest BCUT2D eigenvalue weighted by molar-refractivity contribution is 7.80. The average molecular weight is 526 g/mol. The number of aliphatic carboxylic acids is 1. The molecule has 3 amide bonds. The number of aromatic hydroxyl groups is 1. The molecule has 0 bridgehead atoms. The summed E-state index contributed by atoms with van der Waals surface area (Å²) in [5.41, 5.74) is 12.1. The van der Waals surface area contributed by atoms with Gasteiger partial charge in [0.1, 0.15) is 23.9 Å². The van der Waals surface area contributed by atoms with Crippen LogP contribution in [0.2, 0.25) is 0 Å². The Morgan fingerprint density at radius 2 is 1.47 bits per heavy atom. The maximum Gasteiger partial charge on any atom is 0.327 e. The molecule has 1 aromatic carbocycles. The molecule has 9 N–H and O–H groups in total. The van der Waals surface area contributed by atoms with Gasteiger partial charge in [0.15, 0.2) is 0 Å². The number of unbranched alkanes of at least 4 members (excludes halogenated alkanes) is 1. The van der Waals surface area contributed by atoms with Gasteiger partial charge in [0.05, 0.1) is 6.04 Å². The molecule has 11 nitrogen and oxygen atoms in total. The molecule has 0 saturated carbocycles. The smallest absolute Gasteiger partial charge is 0.327 e. The first-order valence-corrected chi connectivity index (χ1v) is 12.6. The van der Waals surface area contributed by atoms with Crippen molar-refractivity contribution in [3.05, 3.63) is 29.8 Å². The van der Waals surface area contributed by atoms with E-state index in [1.54, 1.807) is 12.1 Å². The highest BCUT2D eigenvalue weighted by atomic mass is 32.1. The van der Waals surface area contributed by atoms with Gasteiger partial charge in [-0.05, 0) is 49.4 Å². The van der Waals surface area contributed by atoms with E-state index in [9.17, 15) is 29.4 Å². The number of phenols is 1. The van der Waals surface area contributed by atoms with Crippen molar-refractivity contribution in [1.29, 1.82) is 0 Å². The molecule has 202 valence electrons. The van der Waals surface area contributed by atoms with Gasteiger partial charge in [-0.25, -0.2) is 4.79 Å². The van der Waals surface area contributed by atoms with Crippen LogP contribution in [0.5, 0.6) is 5.75 Å². The fourth-order valence-electron chi connectivity index (χ4n) is 3.43. The predicted molar refractivity (Wildman–Crippen MR) is 139 cm³/mol. The first-order chi connectivity index (χ1) is 17.0. The van der Waals surface area contributed by atoms with Gasteiger partial charge >= 0.3 is 5.97 Å². The molecule has 0 saturated heterocycles. The molecule has 0 aliphatic heterocycles. The fourth-order valence-corrected chi connectivity index (χ4v) is 3.68. The van der Waals surface area contributed by atoms with Gasteiger partial charge in [-0.3, -0.25) is 14.4 Å². The molecule has 0 spiro atoms. The molecule has 12 heteroatoms. The van der Waals surface area contributed by atoms with Gasteiger partial charge in [0.2, 0.25) is 17.7 Å². The lowest BCUT2D eigenvalue weighted by molar-refractivity contribution is -0.141. The number of thiol groups is 1. The Labute approximate surface area is 217 Å². The molecule has 0 unspecified atom stereocenters. The molecule has 1 rings (SSSR count). The number of nitrogens with two attached hydrogens (primary N) is 2. The van der Waals surface area contributed by atoms with E-state index in [1.807, 2.05) is 13.8 Å². The Morgan fingerprint density at radius 1 is 0.917 bits per heavy atom. The maximum absolute atomic E-state index is 13.3. The van der Waals surface area contributed by atoms with Gasteiger partial charge in [0.25, 0.3) is 0 Å². The van der Waals surface area contributed by atoms with Crippen molar-refractivity contribution >= 4 is 36.3 Å². The van der Waals surface area contributed by atoms with Gasteiger partial charge in [-0.15, -0.1) is 0 Å². The highest BCUT2D eigenvalue weighted by Gasteiger charge is 2.30. The molecule has 0 aliphatic carbocycles. The fraction of sp³-hybridized carbons (Fsp3) is 0.583. The molecule has 4 atom stereocenters. The Bertz CT molecular complexity index is 867. The molecule has 0 heterocycles. The van der Waals surface area contributed by atoms with Crippen LogP contribution in [-0.2, 0) is 25.6 Å². The number of carboxylic acid groups (broad SMARTS) is 1. The van der Waals surface area contributed by atoms with E-state index in [0.717, 1.165) is 0 Å². The topological polar surface area (TPSA) is 197 Å². The Balaban J connectivity index is 3.07. The standard InChI is InChI=1S/C24H39N5O6S/c1-14(2)11-18(22(32)29-20(13-36)24(34)35)28-23(33)19(12-15-6-8-16(30)9-7-15)27-21(31)17(26)5-3-4-10-25/h6-9,14,17-20,30,36H,3-5,10-13,25-26H2,1-2H3,(H,27,31)(H,28,33)(H,29,32)(H,34,35)/t17-,18-,19-,20-/m0/s1. The number of carbonyl (C=O) groups excluding carboxylic acids is 3. The third-order valence-electron chi connectivity index (χ3n) is 5.45. The first-order valence-electron chi connectivity index (χ1n) is 12.0. The normalized spacial score (nSPS) is 14.4. The van der Waals surface area contributed by atoms with Crippen LogP contribution in [0, 0.1) is 5.92 Å². The van der Waals surface area contributed by atoms with E-state index < -0.39 is 47.9 Å². The minimum absolute atomic E-state index is 0.00133. The number of amides is 3. The van der Waals surface area contributed by atoms with Crippen LogP contribution < -0.4 is 27.4 Å². The van der Waals surface area contributed by atoms with Crippen LogP contribution in [0.3, 0.4) is 0 Å². The quantitative estimate of drug-likeness (QED) is 0.108. The Hall–Kier alpha value is -2.83. The van der Waals surface area contributed by atoms with E-state index in [0.29, 0.717) is 31.4 Å². The summed E-state index contributed by atoms with van der Waals surface area (Å²) in [6.07, 6.45) is 2.10. The minimum atomic E-state index is -1.24. The summed E-state index contributed by atoms with van der Waals surface area (Å²) in [6, 6.07) is 2.00. The van der Waals surface area contributed by atoms with Crippen LogP contribution in [0.1, 0.15) is 45.1 Å². The van der Waals surface area contributed by atoms with Crippen molar-refractivity contribution < 1.29 is 29.4 Å². The molecular weight excluding hydrogens is 486 g/mol. The maximum atomic E-state index is 13.3. The lowest BCUT2D eigenvalue weighted by Crippen LogP contribution is -2.58. The third-order valence-corrected chi connectivity index (χ3v) is 5.82. The zero-order chi connectivity index (χ0) is 27.3. The van der Waals surface area contributed by atoms with Crippen LogP contribution in [0.15, 0.2) is 24.3 Å². The summed E-state index contributed by atoms with van der Waals surface area (Å²) in [5, 5.41) is 26.5. The Morgan fingerprint density at radius 3 is 2.00 bits per heavy atom. The summed E-state index contributed by atoms with van der Waals surface area (Å²) in [6.45, 7) is 4.20. The molecule has 1 aromatic rings. The molecule has 0 aromatic heterocycles. The molecule has 0 aliphatic rings. The number of carboxylic acids is 1. The van der Waals surface area contributed by atoms with Gasteiger partial charge in [0, 0.05) is 12.2 Å². The monoisotopic (exact) mass is 525 g/mol. The number of hydrogen-bond donors (Lipinski definition) is 8. The summed E-state index contributed by atoms with van der Waals surface area (Å²) >= 11 is 3.95. The molecular formula is C24H39N5O6S. The number of phenolic OH excluding ortho intramolecular Hbond substituents is 1. The molecule has 0 fully saturated rings. The SMILES string of the molecule is CC(C)C[C@H](NC(=O)[C@H](Cc1ccc(O)cc1)NC(=O)[C@@H](N)CCCCN)C(=O)N[C@@H](CS)C(=O)O. The van der Waals surface area contributed by atoms with E-state index in [2.05, 4.69) is 28.6 Å². The number of hydrogen-bond acceptors (Lipinski definition) is 8. The number of carbonyl (C=O) groups is 4. The first kappa shape index (κ1) is 31.2. The van der Waals surface area contributed by atoms with Crippen LogP contribution >= 0.6 is 12.6 Å². The zero-order valence-electron chi connectivity index (χ0n) is 20.8. The number of nitrogens with one attached hydrogen (secondary N) is 3. The van der Waals surface area contributed by atoms with E-state index in [4.69, 9.17) is 11.5 Å². The highest BCUT2D eigenvalue weighted by Crippen LogP contribution is 2.13. The Kier molecular flexibility index (Phi) is 13.9. The number of benzene rings is 1. The van der Waals surface area contributed by atoms with Crippen LogP contribution in [0.4, 0.5) is 0 Å². The summed E-state index contributed by atoms with van der Waals surface area (Å²) in [7, 11) is 0. The van der Waals surface area contributed by atoms with Crippen LogP contribution in [-0.4, -0.2) is 70.4 Å². The molecule has 36 heavy (non-hydrogen) atoms. The van der Waals surface area contributed by atoms with E-state index in [-0.39, 0.29) is 30.3 Å². The van der Waals surface area contributed by atoms with Crippen molar-refractivity contribution in [2.75, 3.05) is 12.3 Å². The second kappa shape index (κ2) is 16.0. The summed E-state index contributed by atoms with van der Waals surface area (Å²) in [4.78, 5) is 50.1. The molecule has 0 radical (unpaired) electrons. The van der Waals surface area contributed by atoms with Crippen molar-refractivity contribution in [2.45, 2.75) is 70.1 Å². The second-order valence-corrected chi connectivity index (χ2v) is 9.46. The number of rotatable bonds is 16. The van der Waals surface area contributed by atoms with Crippen molar-refractivity contribution in [3.8, 4) is 5.75 Å². The van der Waals surface area contributed by atoms with E-state index >= 15 is 0 Å². The van der Waals surface area contributed by atoms with Gasteiger partial charge in [-0.1, -0.05) is 32.4 Å². The van der Waals surface area contributed by atoms with Crippen molar-refractivity contribution in [3.63, 3.8) is 0 Å². The second-order valence-electron chi connectivity index (χ2n) is 9.10. The van der Waals surface area contributed by atoms with E-state index in [1.165, 1.54) is 12.1 Å². The third kappa shape index (κ3) is 11.3. The summed E-state index contributed by atoms with van der Waals surface area (Å²) in [5.74, 6) is -3.11. The van der Waals surface area contributed by atoms with Gasteiger partial charge < -0.3 is 37.6 Å². The summed E-state index contributed by atoms with van der Waals surface area (Å²) < 4.78 is 0.